The van der Waals surface area contributed by atoms with E-state index < -0.39 is 5.97 Å². The number of hydrogen-bond acceptors (Lipinski definition) is 3. The molecule has 5 nitrogen and oxygen atoms in total. The van der Waals surface area contributed by atoms with Crippen molar-refractivity contribution < 1.29 is 19.1 Å². The average molecular weight is 420 g/mol. The molecule has 5 heteroatoms. The number of benzene rings is 1. The minimum absolute atomic E-state index is 0.183. The van der Waals surface area contributed by atoms with Gasteiger partial charge in [0.05, 0.1) is 29.5 Å². The molecular weight excluding hydrogens is 390 g/mol. The average Bonchev–Trinajstić information content (AvgIpc) is 3.27. The maximum absolute atomic E-state index is 14.4. The van der Waals surface area contributed by atoms with Crippen LogP contribution in [-0.2, 0) is 4.79 Å². The van der Waals surface area contributed by atoms with Gasteiger partial charge >= 0.3 is 5.97 Å². The van der Waals surface area contributed by atoms with Crippen molar-refractivity contribution in [3.8, 4) is 0 Å². The summed E-state index contributed by atoms with van der Waals surface area (Å²) >= 11 is 0. The lowest BCUT2D eigenvalue weighted by Gasteiger charge is -2.57. The molecule has 6 rings (SSSR count). The minimum Gasteiger partial charge on any atom is -0.478 e. The summed E-state index contributed by atoms with van der Waals surface area (Å²) in [6, 6.07) is 8.36. The number of carbonyl (C=O) groups excluding carboxylic acids is 1. The van der Waals surface area contributed by atoms with Crippen LogP contribution in [-0.4, -0.2) is 17.0 Å². The van der Waals surface area contributed by atoms with Crippen LogP contribution < -0.4 is 4.90 Å². The van der Waals surface area contributed by atoms with Crippen molar-refractivity contribution in [2.45, 2.75) is 51.0 Å². The Kier molecular flexibility index (Phi) is 4.99. The molecule has 0 aliphatic heterocycles. The van der Waals surface area contributed by atoms with Crippen molar-refractivity contribution in [2.75, 3.05) is 4.90 Å². The zero-order chi connectivity index (χ0) is 21.6. The van der Waals surface area contributed by atoms with Gasteiger partial charge < -0.3 is 14.4 Å². The number of rotatable bonds is 7. The van der Waals surface area contributed by atoms with Crippen molar-refractivity contribution in [3.05, 3.63) is 66.6 Å². The van der Waals surface area contributed by atoms with Crippen molar-refractivity contribution in [1.82, 2.24) is 0 Å². The molecule has 4 aliphatic carbocycles. The number of carbonyl (C=O) groups is 2. The fraction of sp³-hybridized carbons (Fsp3) is 0.462. The summed E-state index contributed by atoms with van der Waals surface area (Å²) in [5.74, 6) is 1.21. The summed E-state index contributed by atoms with van der Waals surface area (Å²) in [7, 11) is 0. The van der Waals surface area contributed by atoms with Crippen LogP contribution >= 0.6 is 0 Å². The highest BCUT2D eigenvalue weighted by Gasteiger charge is 2.56. The number of carboxylic acid groups (broad SMARTS) is 1. The van der Waals surface area contributed by atoms with Gasteiger partial charge in [0.15, 0.2) is 0 Å². The van der Waals surface area contributed by atoms with Crippen LogP contribution in [0.25, 0.3) is 0 Å². The summed E-state index contributed by atoms with van der Waals surface area (Å²) in [6.45, 7) is 3.93. The number of anilines is 1. The molecule has 0 radical (unpaired) electrons. The molecule has 162 valence electrons. The van der Waals surface area contributed by atoms with Crippen molar-refractivity contribution in [2.24, 2.45) is 23.2 Å². The Bertz CT molecular complexity index is 940. The van der Waals surface area contributed by atoms with E-state index in [2.05, 4.69) is 6.58 Å². The highest BCUT2D eigenvalue weighted by molar-refractivity contribution is 5.99. The lowest BCUT2D eigenvalue weighted by atomic mass is 9.49. The van der Waals surface area contributed by atoms with Crippen LogP contribution in [0.1, 0.15) is 66.9 Å². The molecule has 0 spiro atoms. The molecule has 1 heterocycles. The second kappa shape index (κ2) is 7.70. The van der Waals surface area contributed by atoms with E-state index in [1.165, 1.54) is 19.3 Å². The quantitative estimate of drug-likeness (QED) is 0.572. The number of carboxylic acids is 1. The molecule has 1 atom stereocenters. The van der Waals surface area contributed by atoms with Crippen molar-refractivity contribution >= 4 is 17.6 Å². The van der Waals surface area contributed by atoms with Gasteiger partial charge in [-0.25, -0.2) is 4.79 Å². The van der Waals surface area contributed by atoms with Gasteiger partial charge in [0.2, 0.25) is 5.91 Å². The lowest BCUT2D eigenvalue weighted by molar-refractivity contribution is -0.143. The largest absolute Gasteiger partial charge is 0.478 e. The molecule has 31 heavy (non-hydrogen) atoms. The SMILES string of the molecule is C=CCC(c1ccoc1)N(C(=O)C12CC3CC(CC(C3)C1)C2)c1ccc(C(=O)O)cc1. The summed E-state index contributed by atoms with van der Waals surface area (Å²) in [6.07, 6.45) is 12.5. The van der Waals surface area contributed by atoms with Crippen molar-refractivity contribution in [1.29, 1.82) is 0 Å². The second-order valence-electron chi connectivity index (χ2n) is 9.82. The zero-order valence-electron chi connectivity index (χ0n) is 17.7. The number of furan rings is 1. The molecule has 1 unspecified atom stereocenters. The highest BCUT2D eigenvalue weighted by Crippen LogP contribution is 2.61. The van der Waals surface area contributed by atoms with Crippen LogP contribution in [0, 0.1) is 23.2 Å². The van der Waals surface area contributed by atoms with Crippen LogP contribution in [0.2, 0.25) is 0 Å². The Morgan fingerprint density at radius 1 is 1.10 bits per heavy atom. The van der Waals surface area contributed by atoms with E-state index in [1.807, 2.05) is 17.0 Å². The highest BCUT2D eigenvalue weighted by atomic mass is 16.4. The third kappa shape index (κ3) is 3.50. The second-order valence-corrected chi connectivity index (χ2v) is 9.82. The molecule has 2 aromatic rings. The first-order chi connectivity index (χ1) is 15.0. The van der Waals surface area contributed by atoms with Gasteiger partial charge in [0.25, 0.3) is 0 Å². The van der Waals surface area contributed by atoms with Gasteiger partial charge in [-0.2, -0.15) is 0 Å². The summed E-state index contributed by atoms with van der Waals surface area (Å²) < 4.78 is 5.36. The minimum atomic E-state index is -0.969. The summed E-state index contributed by atoms with van der Waals surface area (Å²) in [4.78, 5) is 27.6. The first-order valence-electron chi connectivity index (χ1n) is 11.3. The van der Waals surface area contributed by atoms with Gasteiger partial charge in [-0.1, -0.05) is 6.08 Å². The standard InChI is InChI=1S/C26H29NO4/c1-2-3-23(21-8-9-31-16-21)27(22-6-4-20(5-7-22)24(28)29)25(30)26-13-17-10-18(14-26)12-19(11-17)15-26/h2,4-9,16-19,23H,1,3,10-15H2,(H,28,29). The van der Waals surface area contributed by atoms with Crippen LogP contribution in [0.5, 0.6) is 0 Å². The maximum atomic E-state index is 14.4. The van der Waals surface area contributed by atoms with Crippen LogP contribution in [0.3, 0.4) is 0 Å². The Hall–Kier alpha value is -2.82. The maximum Gasteiger partial charge on any atom is 0.335 e. The van der Waals surface area contributed by atoms with Gasteiger partial charge in [-0.3, -0.25) is 4.79 Å². The number of amides is 1. The molecule has 1 N–H and O–H groups in total. The molecule has 4 aliphatic rings. The normalized spacial score (nSPS) is 29.5. The Morgan fingerprint density at radius 2 is 1.71 bits per heavy atom. The first kappa shape index (κ1) is 20.1. The van der Waals surface area contributed by atoms with E-state index in [-0.39, 0.29) is 22.9 Å². The smallest absolute Gasteiger partial charge is 0.335 e. The molecule has 1 amide bonds. The molecular formula is C26H29NO4. The molecule has 1 aromatic heterocycles. The van der Waals surface area contributed by atoms with E-state index in [0.29, 0.717) is 24.2 Å². The molecule has 4 bridgehead atoms. The summed E-state index contributed by atoms with van der Waals surface area (Å²) in [5.41, 5.74) is 1.58. The first-order valence-corrected chi connectivity index (χ1v) is 11.3. The van der Waals surface area contributed by atoms with Crippen LogP contribution in [0.15, 0.2) is 59.9 Å². The monoisotopic (exact) mass is 419 g/mol. The van der Waals surface area contributed by atoms with Gasteiger partial charge in [-0.15, -0.1) is 6.58 Å². The van der Waals surface area contributed by atoms with E-state index in [0.717, 1.165) is 30.5 Å². The van der Waals surface area contributed by atoms with E-state index in [4.69, 9.17) is 4.42 Å². The number of nitrogens with zero attached hydrogens (tertiary/aromatic N) is 1. The Labute approximate surface area is 182 Å². The van der Waals surface area contributed by atoms with Gasteiger partial charge in [-0.05, 0) is 93.0 Å². The molecule has 4 saturated carbocycles. The zero-order valence-corrected chi connectivity index (χ0v) is 17.7. The molecule has 0 saturated heterocycles. The third-order valence-electron chi connectivity index (χ3n) is 7.73. The fourth-order valence-electron chi connectivity index (χ4n) is 6.84. The molecule has 4 fully saturated rings. The lowest BCUT2D eigenvalue weighted by Crippen LogP contribution is -2.55. The van der Waals surface area contributed by atoms with Gasteiger partial charge in [0, 0.05) is 11.3 Å². The van der Waals surface area contributed by atoms with Gasteiger partial charge in [0.1, 0.15) is 0 Å². The predicted molar refractivity (Wildman–Crippen MR) is 118 cm³/mol. The third-order valence-corrected chi connectivity index (χ3v) is 7.73. The van der Waals surface area contributed by atoms with E-state index >= 15 is 0 Å². The number of aromatic carboxylic acids is 1. The molecule has 1 aromatic carbocycles. The van der Waals surface area contributed by atoms with Crippen LogP contribution in [0.4, 0.5) is 5.69 Å². The fourth-order valence-corrected chi connectivity index (χ4v) is 6.84. The van der Waals surface area contributed by atoms with E-state index in [1.54, 1.807) is 36.8 Å². The predicted octanol–water partition coefficient (Wildman–Crippen LogP) is 5.84. The Morgan fingerprint density at radius 3 is 2.19 bits per heavy atom. The topological polar surface area (TPSA) is 70.8 Å². The number of hydrogen-bond donors (Lipinski definition) is 1. The van der Waals surface area contributed by atoms with E-state index in [9.17, 15) is 14.7 Å². The Balaban J connectivity index is 1.57. The van der Waals surface area contributed by atoms with Crippen molar-refractivity contribution in [3.63, 3.8) is 0 Å². The summed E-state index contributed by atoms with van der Waals surface area (Å²) in [5, 5.41) is 9.31.